The largest absolute Gasteiger partial charge is 0.310 e. The maximum absolute atomic E-state index is 2.42. The number of para-hydroxylation sites is 3. The number of benzene rings is 10. The van der Waals surface area contributed by atoms with Crippen molar-refractivity contribution in [2.45, 2.75) is 0 Å². The second-order valence-electron chi connectivity index (χ2n) is 14.9. The molecule has 0 fully saturated rings. The van der Waals surface area contributed by atoms with Gasteiger partial charge in [-0.2, -0.15) is 0 Å². The molecule has 272 valence electrons. The number of nitrogens with zero attached hydrogens (tertiary/aromatic N) is 2. The summed E-state index contributed by atoms with van der Waals surface area (Å²) >= 11 is 0. The summed E-state index contributed by atoms with van der Waals surface area (Å²) in [5.41, 5.74) is 14.0. The standard InChI is InChI=1S/C56H38N2/c1-2-15-40(16-3-1)48-26-13-19-42-20-14-27-52(56(42)48)51-24-8-9-28-53(51)57(43-33-31-41(32-34-43)47-25-12-18-39-17-4-5-21-46(39)47)44-35-37-45(38-36-44)58-54-29-10-6-22-49(54)50-23-7-11-30-55(50)58/h1-38H. The first kappa shape index (κ1) is 33.6. The molecule has 0 saturated heterocycles. The van der Waals surface area contributed by atoms with Crippen LogP contribution in [0.2, 0.25) is 0 Å². The van der Waals surface area contributed by atoms with Gasteiger partial charge in [0, 0.05) is 33.4 Å². The van der Waals surface area contributed by atoms with Gasteiger partial charge in [-0.1, -0.05) is 176 Å². The van der Waals surface area contributed by atoms with Crippen LogP contribution in [0.4, 0.5) is 17.1 Å². The lowest BCUT2D eigenvalue weighted by molar-refractivity contribution is 1.17. The van der Waals surface area contributed by atoms with E-state index in [1.165, 1.54) is 76.7 Å². The van der Waals surface area contributed by atoms with Crippen LogP contribution in [0.25, 0.3) is 82.4 Å². The number of fused-ring (bicyclic) bond motifs is 5. The van der Waals surface area contributed by atoms with Gasteiger partial charge < -0.3 is 9.47 Å². The quantitative estimate of drug-likeness (QED) is 0.158. The maximum atomic E-state index is 2.42. The molecule has 0 bridgehead atoms. The van der Waals surface area contributed by atoms with Crippen molar-refractivity contribution in [1.82, 2.24) is 4.57 Å². The van der Waals surface area contributed by atoms with E-state index in [2.05, 4.69) is 240 Å². The van der Waals surface area contributed by atoms with Crippen LogP contribution in [-0.4, -0.2) is 4.57 Å². The minimum Gasteiger partial charge on any atom is -0.310 e. The highest BCUT2D eigenvalue weighted by Crippen LogP contribution is 2.45. The maximum Gasteiger partial charge on any atom is 0.0541 e. The first-order chi connectivity index (χ1) is 28.8. The molecule has 2 nitrogen and oxygen atoms in total. The van der Waals surface area contributed by atoms with E-state index in [-0.39, 0.29) is 0 Å². The molecule has 10 aromatic carbocycles. The van der Waals surface area contributed by atoms with Gasteiger partial charge in [0.1, 0.15) is 0 Å². The molecule has 0 unspecified atom stereocenters. The lowest BCUT2D eigenvalue weighted by Gasteiger charge is -2.29. The molecule has 0 saturated carbocycles. The van der Waals surface area contributed by atoms with Crippen molar-refractivity contribution in [3.8, 4) is 39.1 Å². The molecule has 11 rings (SSSR count). The van der Waals surface area contributed by atoms with Crippen LogP contribution in [0.3, 0.4) is 0 Å². The Hall–Kier alpha value is -7.68. The Kier molecular flexibility index (Phi) is 8.19. The van der Waals surface area contributed by atoms with Crippen LogP contribution >= 0.6 is 0 Å². The van der Waals surface area contributed by atoms with Crippen molar-refractivity contribution < 1.29 is 0 Å². The fourth-order valence-corrected chi connectivity index (χ4v) is 8.97. The molecule has 11 aromatic rings. The number of hydrogen-bond donors (Lipinski definition) is 0. The third-order valence-electron chi connectivity index (χ3n) is 11.6. The van der Waals surface area contributed by atoms with Gasteiger partial charge in [0.15, 0.2) is 0 Å². The number of aromatic nitrogens is 1. The first-order valence-corrected chi connectivity index (χ1v) is 19.9. The zero-order chi connectivity index (χ0) is 38.4. The van der Waals surface area contributed by atoms with E-state index < -0.39 is 0 Å². The van der Waals surface area contributed by atoms with E-state index in [1.807, 2.05) is 0 Å². The molecule has 0 spiro atoms. The van der Waals surface area contributed by atoms with Crippen LogP contribution in [0.15, 0.2) is 231 Å². The lowest BCUT2D eigenvalue weighted by Crippen LogP contribution is -2.11. The molecular formula is C56H38N2. The van der Waals surface area contributed by atoms with Gasteiger partial charge in [0.2, 0.25) is 0 Å². The molecule has 0 N–H and O–H groups in total. The average Bonchev–Trinajstić information content (AvgIpc) is 3.64. The fraction of sp³-hybridized carbons (Fsp3) is 0. The predicted molar refractivity (Wildman–Crippen MR) is 247 cm³/mol. The van der Waals surface area contributed by atoms with Crippen LogP contribution < -0.4 is 4.90 Å². The molecule has 0 aliphatic carbocycles. The monoisotopic (exact) mass is 738 g/mol. The number of anilines is 3. The van der Waals surface area contributed by atoms with E-state index in [0.717, 1.165) is 22.7 Å². The third kappa shape index (κ3) is 5.66. The number of hydrogen-bond acceptors (Lipinski definition) is 1. The van der Waals surface area contributed by atoms with E-state index >= 15 is 0 Å². The lowest BCUT2D eigenvalue weighted by atomic mass is 9.90. The zero-order valence-electron chi connectivity index (χ0n) is 31.8. The smallest absolute Gasteiger partial charge is 0.0541 e. The van der Waals surface area contributed by atoms with Crippen LogP contribution in [0.5, 0.6) is 0 Å². The summed E-state index contributed by atoms with van der Waals surface area (Å²) < 4.78 is 2.38. The highest BCUT2D eigenvalue weighted by atomic mass is 15.1. The summed E-state index contributed by atoms with van der Waals surface area (Å²) in [6.45, 7) is 0. The molecule has 1 heterocycles. The molecule has 0 atom stereocenters. The third-order valence-corrected chi connectivity index (χ3v) is 11.6. The summed E-state index contributed by atoms with van der Waals surface area (Å²) in [5, 5.41) is 7.48. The molecular weight excluding hydrogens is 701 g/mol. The van der Waals surface area contributed by atoms with Crippen molar-refractivity contribution in [3.05, 3.63) is 231 Å². The second-order valence-corrected chi connectivity index (χ2v) is 14.9. The minimum absolute atomic E-state index is 1.08. The van der Waals surface area contributed by atoms with Crippen molar-refractivity contribution in [3.63, 3.8) is 0 Å². The summed E-state index contributed by atoms with van der Waals surface area (Å²) in [6, 6.07) is 83.7. The Labute approximate surface area is 338 Å². The molecule has 0 radical (unpaired) electrons. The van der Waals surface area contributed by atoms with Crippen LogP contribution in [0.1, 0.15) is 0 Å². The molecule has 1 aromatic heterocycles. The zero-order valence-corrected chi connectivity index (χ0v) is 31.8. The molecule has 2 heteroatoms. The van der Waals surface area contributed by atoms with E-state index in [1.54, 1.807) is 0 Å². The van der Waals surface area contributed by atoms with Gasteiger partial charge in [0.05, 0.1) is 16.7 Å². The average molecular weight is 739 g/mol. The molecule has 0 aliphatic rings. The van der Waals surface area contributed by atoms with Gasteiger partial charge >= 0.3 is 0 Å². The predicted octanol–water partition coefficient (Wildman–Crippen LogP) is 15.6. The van der Waals surface area contributed by atoms with Gasteiger partial charge in [-0.15, -0.1) is 0 Å². The van der Waals surface area contributed by atoms with E-state index in [9.17, 15) is 0 Å². The van der Waals surface area contributed by atoms with Crippen LogP contribution in [0, 0.1) is 0 Å². The summed E-state index contributed by atoms with van der Waals surface area (Å²) in [7, 11) is 0. The van der Waals surface area contributed by atoms with Crippen molar-refractivity contribution in [2.24, 2.45) is 0 Å². The number of rotatable bonds is 7. The highest BCUT2D eigenvalue weighted by Gasteiger charge is 2.21. The summed E-state index contributed by atoms with van der Waals surface area (Å²) in [6.07, 6.45) is 0. The van der Waals surface area contributed by atoms with Crippen molar-refractivity contribution in [1.29, 1.82) is 0 Å². The highest BCUT2D eigenvalue weighted by molar-refractivity contribution is 6.10. The van der Waals surface area contributed by atoms with E-state index in [0.29, 0.717) is 0 Å². The Morgan fingerprint density at radius 2 is 0.776 bits per heavy atom. The summed E-state index contributed by atoms with van der Waals surface area (Å²) in [4.78, 5) is 2.42. The van der Waals surface area contributed by atoms with Gasteiger partial charge in [-0.25, -0.2) is 0 Å². The Bertz CT molecular complexity index is 3200. The van der Waals surface area contributed by atoms with Crippen molar-refractivity contribution in [2.75, 3.05) is 4.90 Å². The Morgan fingerprint density at radius 1 is 0.293 bits per heavy atom. The first-order valence-electron chi connectivity index (χ1n) is 19.9. The second kappa shape index (κ2) is 14.1. The van der Waals surface area contributed by atoms with Gasteiger partial charge in [-0.3, -0.25) is 0 Å². The van der Waals surface area contributed by atoms with Gasteiger partial charge in [0.25, 0.3) is 0 Å². The SMILES string of the molecule is c1ccc(-c2cccc3cccc(-c4ccccc4N(c4ccc(-c5cccc6ccccc56)cc4)c4ccc(-n5c6ccccc6c6ccccc65)cc4)c23)cc1. The molecule has 0 aliphatic heterocycles. The van der Waals surface area contributed by atoms with Crippen LogP contribution in [-0.2, 0) is 0 Å². The summed E-state index contributed by atoms with van der Waals surface area (Å²) in [5.74, 6) is 0. The Morgan fingerprint density at radius 3 is 1.48 bits per heavy atom. The van der Waals surface area contributed by atoms with Gasteiger partial charge in [-0.05, 0) is 104 Å². The normalized spacial score (nSPS) is 11.4. The minimum atomic E-state index is 1.08. The van der Waals surface area contributed by atoms with Crippen molar-refractivity contribution >= 4 is 60.4 Å². The fourth-order valence-electron chi connectivity index (χ4n) is 8.97. The van der Waals surface area contributed by atoms with E-state index in [4.69, 9.17) is 0 Å². The Balaban J connectivity index is 1.10. The molecule has 58 heavy (non-hydrogen) atoms. The molecule has 0 amide bonds. The topological polar surface area (TPSA) is 8.17 Å².